The summed E-state index contributed by atoms with van der Waals surface area (Å²) in [5.74, 6) is 1.69. The Morgan fingerprint density at radius 3 is 2.00 bits per heavy atom. The Kier molecular flexibility index (Phi) is 6.17. The number of hydrogen-bond donors (Lipinski definition) is 2. The van der Waals surface area contributed by atoms with E-state index in [9.17, 15) is 10.2 Å². The number of benzene rings is 4. The Morgan fingerprint density at radius 2 is 1.38 bits per heavy atom. The molecule has 0 saturated heterocycles. The minimum atomic E-state index is -0.0306. The second-order valence-corrected chi connectivity index (χ2v) is 7.23. The minimum Gasteiger partial charge on any atom is -0.508 e. The van der Waals surface area contributed by atoms with Gasteiger partial charge in [-0.2, -0.15) is 0 Å². The van der Waals surface area contributed by atoms with Crippen LogP contribution < -0.4 is 14.2 Å². The molecule has 0 amide bonds. The van der Waals surface area contributed by atoms with Crippen LogP contribution in [0.25, 0.3) is 22.3 Å². The van der Waals surface area contributed by atoms with E-state index in [4.69, 9.17) is 14.2 Å². The Balaban J connectivity index is 1.67. The van der Waals surface area contributed by atoms with Gasteiger partial charge < -0.3 is 24.4 Å². The van der Waals surface area contributed by atoms with Gasteiger partial charge in [-0.05, 0) is 47.0 Å². The van der Waals surface area contributed by atoms with E-state index in [1.54, 1.807) is 31.4 Å². The van der Waals surface area contributed by atoms with Crippen molar-refractivity contribution < 1.29 is 24.4 Å². The van der Waals surface area contributed by atoms with Crippen LogP contribution in [-0.4, -0.2) is 24.4 Å². The third-order valence-corrected chi connectivity index (χ3v) is 5.21. The summed E-state index contributed by atoms with van der Waals surface area (Å²) in [5.41, 5.74) is 3.83. The highest BCUT2D eigenvalue weighted by Crippen LogP contribution is 2.49. The molecule has 0 aliphatic heterocycles. The quantitative estimate of drug-likeness (QED) is 0.376. The molecule has 0 saturated carbocycles. The van der Waals surface area contributed by atoms with Crippen molar-refractivity contribution in [3.63, 3.8) is 0 Å². The summed E-state index contributed by atoms with van der Waals surface area (Å²) in [7, 11) is 3.07. The Hall–Kier alpha value is -4.12. The average Bonchev–Trinajstić information content (AvgIpc) is 2.84. The molecule has 2 N–H and O–H groups in total. The van der Waals surface area contributed by atoms with E-state index in [2.05, 4.69) is 0 Å². The summed E-state index contributed by atoms with van der Waals surface area (Å²) in [5, 5.41) is 20.6. The fourth-order valence-corrected chi connectivity index (χ4v) is 3.59. The zero-order chi connectivity index (χ0) is 22.5. The molecule has 32 heavy (non-hydrogen) atoms. The molecule has 0 radical (unpaired) electrons. The van der Waals surface area contributed by atoms with Crippen LogP contribution in [0.1, 0.15) is 5.56 Å². The lowest BCUT2D eigenvalue weighted by Crippen LogP contribution is -1.96. The third kappa shape index (κ3) is 4.32. The van der Waals surface area contributed by atoms with Crippen molar-refractivity contribution in [1.29, 1.82) is 0 Å². The summed E-state index contributed by atoms with van der Waals surface area (Å²) >= 11 is 0. The molecule has 4 aromatic rings. The van der Waals surface area contributed by atoms with Crippen LogP contribution in [0.2, 0.25) is 0 Å². The third-order valence-electron chi connectivity index (χ3n) is 5.21. The number of methoxy groups -OCH3 is 2. The summed E-state index contributed by atoms with van der Waals surface area (Å²) in [6, 6.07) is 25.9. The van der Waals surface area contributed by atoms with Crippen molar-refractivity contribution in [2.24, 2.45) is 0 Å². The fraction of sp³-hybridized carbons (Fsp3) is 0.111. The van der Waals surface area contributed by atoms with E-state index in [1.807, 2.05) is 60.7 Å². The van der Waals surface area contributed by atoms with Gasteiger partial charge in [-0.1, -0.05) is 54.6 Å². The highest BCUT2D eigenvalue weighted by molar-refractivity contribution is 5.87. The molecule has 4 rings (SSSR count). The van der Waals surface area contributed by atoms with E-state index >= 15 is 0 Å². The van der Waals surface area contributed by atoms with Crippen molar-refractivity contribution in [2.75, 3.05) is 14.2 Å². The van der Waals surface area contributed by atoms with Gasteiger partial charge in [0.1, 0.15) is 23.9 Å². The predicted octanol–water partition coefficient (Wildman–Crippen LogP) is 6.03. The summed E-state index contributed by atoms with van der Waals surface area (Å²) in [4.78, 5) is 0. The van der Waals surface area contributed by atoms with Crippen molar-refractivity contribution >= 4 is 0 Å². The number of hydrogen-bond acceptors (Lipinski definition) is 5. The number of rotatable bonds is 7. The average molecular weight is 428 g/mol. The SMILES string of the molecule is COc1cc(-c2ccc(OCc3ccccc3)cc2)c(OC)c(O)c1-c1ccc(O)cc1. The van der Waals surface area contributed by atoms with Gasteiger partial charge in [0.2, 0.25) is 0 Å². The van der Waals surface area contributed by atoms with Crippen molar-refractivity contribution in [3.05, 3.63) is 90.5 Å². The van der Waals surface area contributed by atoms with E-state index < -0.39 is 0 Å². The standard InChI is InChI=1S/C27H24O5/c1-30-24-16-23(27(31-2)26(29)25(24)20-8-12-21(28)13-9-20)19-10-14-22(15-11-19)32-17-18-6-4-3-5-7-18/h3-16,28-29H,17H2,1-2H3. The lowest BCUT2D eigenvalue weighted by Gasteiger charge is -2.18. The lowest BCUT2D eigenvalue weighted by molar-refractivity contribution is 0.306. The second-order valence-electron chi connectivity index (χ2n) is 7.23. The molecule has 0 fully saturated rings. The van der Waals surface area contributed by atoms with Crippen molar-refractivity contribution in [2.45, 2.75) is 6.61 Å². The van der Waals surface area contributed by atoms with E-state index in [0.717, 1.165) is 16.9 Å². The molecule has 0 bridgehead atoms. The minimum absolute atomic E-state index is 0.0306. The smallest absolute Gasteiger partial charge is 0.170 e. The monoisotopic (exact) mass is 428 g/mol. The van der Waals surface area contributed by atoms with Crippen molar-refractivity contribution in [3.8, 4) is 51.0 Å². The van der Waals surface area contributed by atoms with E-state index in [-0.39, 0.29) is 11.5 Å². The van der Waals surface area contributed by atoms with Crippen LogP contribution in [-0.2, 0) is 6.61 Å². The molecule has 0 spiro atoms. The Morgan fingerprint density at radius 1 is 0.719 bits per heavy atom. The van der Waals surface area contributed by atoms with Crippen LogP contribution in [0.15, 0.2) is 84.9 Å². The van der Waals surface area contributed by atoms with Crippen LogP contribution in [0.3, 0.4) is 0 Å². The molecular formula is C27H24O5. The Labute approximate surface area is 187 Å². The zero-order valence-electron chi connectivity index (χ0n) is 17.9. The van der Waals surface area contributed by atoms with Crippen LogP contribution in [0, 0.1) is 0 Å². The molecule has 4 aromatic carbocycles. The first kappa shape index (κ1) is 21.1. The second kappa shape index (κ2) is 9.35. The molecule has 0 aliphatic carbocycles. The van der Waals surface area contributed by atoms with Gasteiger partial charge in [0, 0.05) is 5.56 Å². The Bertz CT molecular complexity index is 1180. The number of aromatic hydroxyl groups is 2. The molecular weight excluding hydrogens is 404 g/mol. The van der Waals surface area contributed by atoms with Gasteiger partial charge >= 0.3 is 0 Å². The van der Waals surface area contributed by atoms with E-state index in [0.29, 0.717) is 34.8 Å². The van der Waals surface area contributed by atoms with Gasteiger partial charge in [0.15, 0.2) is 11.5 Å². The first-order valence-electron chi connectivity index (χ1n) is 10.1. The van der Waals surface area contributed by atoms with Gasteiger partial charge in [-0.3, -0.25) is 0 Å². The molecule has 0 aliphatic rings. The number of ether oxygens (including phenoxy) is 3. The van der Waals surface area contributed by atoms with Crippen LogP contribution in [0.5, 0.6) is 28.7 Å². The molecule has 0 unspecified atom stereocenters. The molecule has 5 heteroatoms. The van der Waals surface area contributed by atoms with Gasteiger partial charge in [0.05, 0.1) is 19.8 Å². The number of phenolic OH excluding ortho intramolecular Hbond substituents is 2. The predicted molar refractivity (Wildman–Crippen MR) is 125 cm³/mol. The van der Waals surface area contributed by atoms with Gasteiger partial charge in [-0.25, -0.2) is 0 Å². The van der Waals surface area contributed by atoms with E-state index in [1.165, 1.54) is 7.11 Å². The normalized spacial score (nSPS) is 10.6. The van der Waals surface area contributed by atoms with Crippen LogP contribution >= 0.6 is 0 Å². The molecule has 162 valence electrons. The topological polar surface area (TPSA) is 68.2 Å². The highest BCUT2D eigenvalue weighted by Gasteiger charge is 2.21. The van der Waals surface area contributed by atoms with Crippen LogP contribution in [0.4, 0.5) is 0 Å². The zero-order valence-corrected chi connectivity index (χ0v) is 17.9. The first-order chi connectivity index (χ1) is 15.6. The summed E-state index contributed by atoms with van der Waals surface area (Å²) < 4.78 is 17.0. The summed E-state index contributed by atoms with van der Waals surface area (Å²) in [6.45, 7) is 0.486. The maximum Gasteiger partial charge on any atom is 0.170 e. The van der Waals surface area contributed by atoms with Gasteiger partial charge in [-0.15, -0.1) is 0 Å². The van der Waals surface area contributed by atoms with Gasteiger partial charge in [0.25, 0.3) is 0 Å². The van der Waals surface area contributed by atoms with Crippen molar-refractivity contribution in [1.82, 2.24) is 0 Å². The molecule has 5 nitrogen and oxygen atoms in total. The largest absolute Gasteiger partial charge is 0.508 e. The fourth-order valence-electron chi connectivity index (χ4n) is 3.59. The number of phenols is 2. The molecule has 0 atom stereocenters. The maximum atomic E-state index is 11.0. The highest BCUT2D eigenvalue weighted by atomic mass is 16.5. The molecule has 0 aromatic heterocycles. The molecule has 0 heterocycles. The summed E-state index contributed by atoms with van der Waals surface area (Å²) in [6.07, 6.45) is 0. The maximum absolute atomic E-state index is 11.0. The lowest BCUT2D eigenvalue weighted by atomic mass is 9.96. The first-order valence-corrected chi connectivity index (χ1v) is 10.1.